The van der Waals surface area contributed by atoms with Crippen LogP contribution in [0.25, 0.3) is 0 Å². The molecule has 0 aromatic heterocycles. The first kappa shape index (κ1) is 13.5. The summed E-state index contributed by atoms with van der Waals surface area (Å²) < 4.78 is 0. The van der Waals surface area contributed by atoms with Crippen molar-refractivity contribution in [2.45, 2.75) is 32.8 Å². The summed E-state index contributed by atoms with van der Waals surface area (Å²) in [7, 11) is 0. The van der Waals surface area contributed by atoms with Crippen LogP contribution in [0.15, 0.2) is 18.2 Å². The number of carbonyl (C=O) groups is 1. The molecule has 94 valence electrons. The van der Waals surface area contributed by atoms with Crippen LogP contribution in [0.4, 0.5) is 5.69 Å². The molecular formula is C13H19NO3. The molecule has 0 heterocycles. The van der Waals surface area contributed by atoms with Crippen molar-refractivity contribution in [2.24, 2.45) is 0 Å². The SMILES string of the molecule is CCC(C)(O)CNc1ccc(C(=O)O)cc1C. The molecule has 0 amide bonds. The smallest absolute Gasteiger partial charge is 0.335 e. The molecule has 0 saturated carbocycles. The lowest BCUT2D eigenvalue weighted by Crippen LogP contribution is -2.32. The van der Waals surface area contributed by atoms with Gasteiger partial charge in [-0.2, -0.15) is 0 Å². The largest absolute Gasteiger partial charge is 0.478 e. The van der Waals surface area contributed by atoms with E-state index in [-0.39, 0.29) is 5.56 Å². The third-order valence-corrected chi connectivity index (χ3v) is 2.89. The molecule has 1 unspecified atom stereocenters. The molecule has 0 fully saturated rings. The molecule has 4 nitrogen and oxygen atoms in total. The lowest BCUT2D eigenvalue weighted by atomic mass is 10.0. The molecule has 1 rings (SSSR count). The fraction of sp³-hybridized carbons (Fsp3) is 0.462. The summed E-state index contributed by atoms with van der Waals surface area (Å²) in [6.45, 7) is 5.97. The Bertz CT molecular complexity index is 413. The lowest BCUT2D eigenvalue weighted by Gasteiger charge is -2.23. The minimum Gasteiger partial charge on any atom is -0.478 e. The summed E-state index contributed by atoms with van der Waals surface area (Å²) in [4.78, 5) is 10.8. The maximum Gasteiger partial charge on any atom is 0.335 e. The first-order valence-electron chi connectivity index (χ1n) is 5.66. The lowest BCUT2D eigenvalue weighted by molar-refractivity contribution is 0.0688. The summed E-state index contributed by atoms with van der Waals surface area (Å²) in [5.74, 6) is -0.930. The van der Waals surface area contributed by atoms with E-state index in [1.807, 2.05) is 13.8 Å². The third kappa shape index (κ3) is 3.75. The first-order valence-corrected chi connectivity index (χ1v) is 5.66. The number of aromatic carboxylic acids is 1. The van der Waals surface area contributed by atoms with E-state index in [1.165, 1.54) is 0 Å². The van der Waals surface area contributed by atoms with Crippen LogP contribution in [0.3, 0.4) is 0 Å². The summed E-state index contributed by atoms with van der Waals surface area (Å²) in [5, 5.41) is 21.8. The Morgan fingerprint density at radius 2 is 2.12 bits per heavy atom. The van der Waals surface area contributed by atoms with E-state index < -0.39 is 11.6 Å². The molecule has 1 aromatic rings. The number of carboxylic acid groups (broad SMARTS) is 1. The van der Waals surface area contributed by atoms with Crippen LogP contribution in [0.5, 0.6) is 0 Å². The minimum absolute atomic E-state index is 0.273. The highest BCUT2D eigenvalue weighted by Gasteiger charge is 2.17. The molecule has 3 N–H and O–H groups in total. The third-order valence-electron chi connectivity index (χ3n) is 2.89. The Kier molecular flexibility index (Phi) is 4.12. The normalized spacial score (nSPS) is 14.1. The van der Waals surface area contributed by atoms with Gasteiger partial charge in [-0.05, 0) is 44.0 Å². The summed E-state index contributed by atoms with van der Waals surface area (Å²) in [6, 6.07) is 4.90. The Hall–Kier alpha value is -1.55. The predicted octanol–water partition coefficient (Wildman–Crippen LogP) is 2.27. The van der Waals surface area contributed by atoms with Crippen molar-refractivity contribution in [3.8, 4) is 0 Å². The molecule has 0 radical (unpaired) electrons. The fourth-order valence-electron chi connectivity index (χ4n) is 1.41. The van der Waals surface area contributed by atoms with E-state index in [0.717, 1.165) is 11.3 Å². The number of anilines is 1. The molecule has 0 spiro atoms. The summed E-state index contributed by atoms with van der Waals surface area (Å²) in [6.07, 6.45) is 0.659. The van der Waals surface area contributed by atoms with Gasteiger partial charge in [0.05, 0.1) is 11.2 Å². The monoisotopic (exact) mass is 237 g/mol. The number of aryl methyl sites for hydroxylation is 1. The molecule has 1 aromatic carbocycles. The molecule has 4 heteroatoms. The fourth-order valence-corrected chi connectivity index (χ4v) is 1.41. The molecular weight excluding hydrogens is 218 g/mol. The van der Waals surface area contributed by atoms with Crippen molar-refractivity contribution >= 4 is 11.7 Å². The zero-order valence-corrected chi connectivity index (χ0v) is 10.4. The van der Waals surface area contributed by atoms with E-state index in [1.54, 1.807) is 25.1 Å². The number of hydrogen-bond donors (Lipinski definition) is 3. The second kappa shape index (κ2) is 5.19. The van der Waals surface area contributed by atoms with Crippen LogP contribution in [-0.4, -0.2) is 28.3 Å². The van der Waals surface area contributed by atoms with Gasteiger partial charge < -0.3 is 15.5 Å². The van der Waals surface area contributed by atoms with Crippen LogP contribution in [-0.2, 0) is 0 Å². The highest BCUT2D eigenvalue weighted by atomic mass is 16.4. The van der Waals surface area contributed by atoms with Crippen LogP contribution in [0.1, 0.15) is 36.2 Å². The van der Waals surface area contributed by atoms with E-state index in [0.29, 0.717) is 13.0 Å². The van der Waals surface area contributed by atoms with Gasteiger partial charge in [0.1, 0.15) is 0 Å². The highest BCUT2D eigenvalue weighted by molar-refractivity contribution is 5.88. The number of hydrogen-bond acceptors (Lipinski definition) is 3. The van der Waals surface area contributed by atoms with Crippen molar-refractivity contribution in [1.29, 1.82) is 0 Å². The molecule has 0 saturated heterocycles. The van der Waals surface area contributed by atoms with Crippen molar-refractivity contribution in [3.63, 3.8) is 0 Å². The number of nitrogens with one attached hydrogen (secondary N) is 1. The van der Waals surface area contributed by atoms with Crippen LogP contribution in [0.2, 0.25) is 0 Å². The minimum atomic E-state index is -0.930. The average molecular weight is 237 g/mol. The Morgan fingerprint density at radius 3 is 2.59 bits per heavy atom. The number of carboxylic acids is 1. The zero-order valence-electron chi connectivity index (χ0n) is 10.4. The van der Waals surface area contributed by atoms with Crippen LogP contribution in [0, 0.1) is 6.92 Å². The van der Waals surface area contributed by atoms with Gasteiger partial charge in [-0.3, -0.25) is 0 Å². The van der Waals surface area contributed by atoms with Gasteiger partial charge in [-0.1, -0.05) is 6.92 Å². The second-order valence-corrected chi connectivity index (χ2v) is 4.54. The van der Waals surface area contributed by atoms with Gasteiger partial charge in [0, 0.05) is 12.2 Å². The van der Waals surface area contributed by atoms with Crippen molar-refractivity contribution in [2.75, 3.05) is 11.9 Å². The Labute approximate surface area is 101 Å². The van der Waals surface area contributed by atoms with E-state index in [2.05, 4.69) is 5.32 Å². The van der Waals surface area contributed by atoms with Gasteiger partial charge in [-0.15, -0.1) is 0 Å². The number of rotatable bonds is 5. The van der Waals surface area contributed by atoms with Gasteiger partial charge >= 0.3 is 5.97 Å². The van der Waals surface area contributed by atoms with Gasteiger partial charge in [0.25, 0.3) is 0 Å². The average Bonchev–Trinajstić information content (AvgIpc) is 2.27. The molecule has 0 aliphatic carbocycles. The van der Waals surface area contributed by atoms with E-state index in [4.69, 9.17) is 5.11 Å². The first-order chi connectivity index (χ1) is 7.85. The number of aliphatic hydroxyl groups is 1. The van der Waals surface area contributed by atoms with Crippen molar-refractivity contribution in [1.82, 2.24) is 0 Å². The Balaban J connectivity index is 2.77. The van der Waals surface area contributed by atoms with Crippen molar-refractivity contribution < 1.29 is 15.0 Å². The molecule has 17 heavy (non-hydrogen) atoms. The Morgan fingerprint density at radius 1 is 1.47 bits per heavy atom. The van der Waals surface area contributed by atoms with E-state index >= 15 is 0 Å². The highest BCUT2D eigenvalue weighted by Crippen LogP contribution is 2.18. The predicted molar refractivity (Wildman–Crippen MR) is 67.5 cm³/mol. The molecule has 0 aliphatic heterocycles. The molecule has 0 bridgehead atoms. The van der Waals surface area contributed by atoms with Crippen molar-refractivity contribution in [3.05, 3.63) is 29.3 Å². The van der Waals surface area contributed by atoms with Gasteiger partial charge in [0.15, 0.2) is 0 Å². The van der Waals surface area contributed by atoms with Gasteiger partial charge in [-0.25, -0.2) is 4.79 Å². The maximum atomic E-state index is 10.8. The zero-order chi connectivity index (χ0) is 13.1. The van der Waals surface area contributed by atoms with Gasteiger partial charge in [0.2, 0.25) is 0 Å². The maximum absolute atomic E-state index is 10.8. The standard InChI is InChI=1S/C13H19NO3/c1-4-13(3,17)8-14-11-6-5-10(12(15)16)7-9(11)2/h5-7,14,17H,4,8H2,1-3H3,(H,15,16). The summed E-state index contributed by atoms with van der Waals surface area (Å²) in [5.41, 5.74) is 1.23. The topological polar surface area (TPSA) is 69.6 Å². The quantitative estimate of drug-likeness (QED) is 0.734. The van der Waals surface area contributed by atoms with Crippen LogP contribution < -0.4 is 5.32 Å². The molecule has 1 atom stereocenters. The second-order valence-electron chi connectivity index (χ2n) is 4.54. The number of benzene rings is 1. The molecule has 0 aliphatic rings. The van der Waals surface area contributed by atoms with Crippen LogP contribution >= 0.6 is 0 Å². The van der Waals surface area contributed by atoms with E-state index in [9.17, 15) is 9.90 Å². The summed E-state index contributed by atoms with van der Waals surface area (Å²) >= 11 is 0.